The molecule has 1 aliphatic heterocycles. The predicted octanol–water partition coefficient (Wildman–Crippen LogP) is 3.77. The number of ether oxygens (including phenoxy) is 1. The van der Waals surface area contributed by atoms with Gasteiger partial charge in [-0.1, -0.05) is 12.8 Å². The number of thioether (sulfide) groups is 1. The van der Waals surface area contributed by atoms with E-state index in [1.807, 2.05) is 17.8 Å². The molecule has 1 fully saturated rings. The molecule has 0 unspecified atom stereocenters. The maximum absolute atomic E-state index is 5.30. The Balaban J connectivity index is 1.84. The van der Waals surface area contributed by atoms with Crippen LogP contribution in [0.1, 0.15) is 25.7 Å². The van der Waals surface area contributed by atoms with Crippen molar-refractivity contribution in [2.45, 2.75) is 30.6 Å². The predicted molar refractivity (Wildman–Crippen MR) is 73.1 cm³/mol. The maximum Gasteiger partial charge on any atom is 0.120 e. The SMILES string of the molecule is COc1ccc2c(c1)SCC1(CCCC1)CN2. The van der Waals surface area contributed by atoms with Gasteiger partial charge in [-0.15, -0.1) is 11.8 Å². The van der Waals surface area contributed by atoms with Crippen molar-refractivity contribution in [3.8, 4) is 5.75 Å². The first-order valence-electron chi connectivity index (χ1n) is 6.36. The number of hydrogen-bond acceptors (Lipinski definition) is 3. The summed E-state index contributed by atoms with van der Waals surface area (Å²) >= 11 is 1.99. The summed E-state index contributed by atoms with van der Waals surface area (Å²) < 4.78 is 5.30. The van der Waals surface area contributed by atoms with Gasteiger partial charge in [0.15, 0.2) is 0 Å². The largest absolute Gasteiger partial charge is 0.497 e. The van der Waals surface area contributed by atoms with Crippen LogP contribution in [-0.4, -0.2) is 19.4 Å². The summed E-state index contributed by atoms with van der Waals surface area (Å²) in [6.45, 7) is 1.14. The fraction of sp³-hybridized carbons (Fsp3) is 0.571. The maximum atomic E-state index is 5.30. The van der Waals surface area contributed by atoms with Crippen LogP contribution in [0.25, 0.3) is 0 Å². The lowest BCUT2D eigenvalue weighted by Gasteiger charge is -2.26. The van der Waals surface area contributed by atoms with E-state index in [9.17, 15) is 0 Å². The van der Waals surface area contributed by atoms with Gasteiger partial charge >= 0.3 is 0 Å². The van der Waals surface area contributed by atoms with Crippen molar-refractivity contribution >= 4 is 17.4 Å². The molecule has 1 heterocycles. The van der Waals surface area contributed by atoms with Gasteiger partial charge in [-0.05, 0) is 36.5 Å². The highest BCUT2D eigenvalue weighted by atomic mass is 32.2. The Bertz CT molecular complexity index is 413. The molecule has 0 radical (unpaired) electrons. The van der Waals surface area contributed by atoms with E-state index in [4.69, 9.17) is 4.74 Å². The minimum atomic E-state index is 0.539. The second-order valence-corrected chi connectivity index (χ2v) is 6.23. The van der Waals surface area contributed by atoms with Crippen LogP contribution in [0, 0.1) is 5.41 Å². The molecule has 0 atom stereocenters. The first-order chi connectivity index (χ1) is 8.31. The van der Waals surface area contributed by atoms with E-state index in [0.29, 0.717) is 5.41 Å². The lowest BCUT2D eigenvalue weighted by molar-refractivity contribution is 0.373. The summed E-state index contributed by atoms with van der Waals surface area (Å²) in [5, 5.41) is 3.63. The number of hydrogen-bond donors (Lipinski definition) is 1. The number of methoxy groups -OCH3 is 1. The van der Waals surface area contributed by atoms with E-state index in [1.54, 1.807) is 7.11 Å². The van der Waals surface area contributed by atoms with Gasteiger partial charge in [-0.25, -0.2) is 0 Å². The van der Waals surface area contributed by atoms with Crippen molar-refractivity contribution in [3.05, 3.63) is 18.2 Å². The van der Waals surface area contributed by atoms with Gasteiger partial charge in [0.25, 0.3) is 0 Å². The van der Waals surface area contributed by atoms with Crippen LogP contribution in [-0.2, 0) is 0 Å². The molecule has 3 rings (SSSR count). The summed E-state index contributed by atoms with van der Waals surface area (Å²) in [7, 11) is 1.73. The van der Waals surface area contributed by atoms with Crippen LogP contribution in [0.3, 0.4) is 0 Å². The zero-order valence-electron chi connectivity index (χ0n) is 10.3. The average molecular weight is 249 g/mol. The quantitative estimate of drug-likeness (QED) is 0.818. The first kappa shape index (κ1) is 11.3. The highest BCUT2D eigenvalue weighted by molar-refractivity contribution is 7.99. The molecule has 92 valence electrons. The van der Waals surface area contributed by atoms with E-state index >= 15 is 0 Å². The zero-order valence-corrected chi connectivity index (χ0v) is 11.1. The topological polar surface area (TPSA) is 21.3 Å². The van der Waals surface area contributed by atoms with Crippen LogP contribution in [0.2, 0.25) is 0 Å². The summed E-state index contributed by atoms with van der Waals surface area (Å²) in [4.78, 5) is 1.34. The first-order valence-corrected chi connectivity index (χ1v) is 7.35. The number of rotatable bonds is 1. The third-order valence-electron chi connectivity index (χ3n) is 4.04. The minimum absolute atomic E-state index is 0.539. The van der Waals surface area contributed by atoms with E-state index in [1.165, 1.54) is 42.0 Å². The second kappa shape index (κ2) is 4.45. The van der Waals surface area contributed by atoms with Gasteiger partial charge in [0.2, 0.25) is 0 Å². The Kier molecular flexibility index (Phi) is 2.95. The van der Waals surface area contributed by atoms with Gasteiger partial charge in [0.1, 0.15) is 5.75 Å². The Morgan fingerprint density at radius 1 is 1.29 bits per heavy atom. The summed E-state index contributed by atoms with van der Waals surface area (Å²) in [5.74, 6) is 2.21. The van der Waals surface area contributed by atoms with E-state index < -0.39 is 0 Å². The van der Waals surface area contributed by atoms with Gasteiger partial charge in [-0.2, -0.15) is 0 Å². The molecule has 3 heteroatoms. The molecule has 1 aliphatic carbocycles. The second-order valence-electron chi connectivity index (χ2n) is 5.21. The third-order valence-corrected chi connectivity index (χ3v) is 5.45. The molecule has 2 aliphatic rings. The Morgan fingerprint density at radius 2 is 2.12 bits per heavy atom. The van der Waals surface area contributed by atoms with Crippen LogP contribution >= 0.6 is 11.8 Å². The molecule has 0 aromatic heterocycles. The van der Waals surface area contributed by atoms with Crippen molar-refractivity contribution in [2.75, 3.05) is 24.7 Å². The molecule has 1 spiro atoms. The zero-order chi connectivity index (χ0) is 11.7. The van der Waals surface area contributed by atoms with Gasteiger partial charge < -0.3 is 10.1 Å². The van der Waals surface area contributed by atoms with Crippen LogP contribution in [0.4, 0.5) is 5.69 Å². The Labute approximate surface area is 107 Å². The fourth-order valence-electron chi connectivity index (χ4n) is 2.91. The Morgan fingerprint density at radius 3 is 2.88 bits per heavy atom. The summed E-state index contributed by atoms with van der Waals surface area (Å²) in [6.07, 6.45) is 5.58. The molecular formula is C14H19NOS. The van der Waals surface area contributed by atoms with Crippen molar-refractivity contribution in [1.29, 1.82) is 0 Å². The standard InChI is InChI=1S/C14H19NOS/c1-16-11-4-5-12-13(8-11)17-10-14(9-15-12)6-2-3-7-14/h4-5,8,15H,2-3,6-7,9-10H2,1H3. The molecule has 0 amide bonds. The molecular weight excluding hydrogens is 230 g/mol. The molecule has 0 saturated heterocycles. The number of anilines is 1. The van der Waals surface area contributed by atoms with Crippen molar-refractivity contribution in [3.63, 3.8) is 0 Å². The lowest BCUT2D eigenvalue weighted by Crippen LogP contribution is -2.27. The molecule has 2 nitrogen and oxygen atoms in total. The molecule has 1 N–H and O–H groups in total. The smallest absolute Gasteiger partial charge is 0.120 e. The highest BCUT2D eigenvalue weighted by Crippen LogP contribution is 2.46. The fourth-order valence-corrected chi connectivity index (χ4v) is 4.25. The lowest BCUT2D eigenvalue weighted by atomic mass is 9.88. The number of nitrogens with one attached hydrogen (secondary N) is 1. The average Bonchev–Trinajstić information content (AvgIpc) is 2.75. The normalized spacial score (nSPS) is 21.7. The van der Waals surface area contributed by atoms with E-state index in [2.05, 4.69) is 17.4 Å². The molecule has 17 heavy (non-hydrogen) atoms. The third kappa shape index (κ3) is 2.13. The molecule has 0 bridgehead atoms. The molecule has 1 aromatic rings. The van der Waals surface area contributed by atoms with Crippen LogP contribution < -0.4 is 10.1 Å². The number of fused-ring (bicyclic) bond motifs is 1. The molecule has 1 saturated carbocycles. The van der Waals surface area contributed by atoms with Gasteiger partial charge in [-0.3, -0.25) is 0 Å². The van der Waals surface area contributed by atoms with Crippen LogP contribution in [0.5, 0.6) is 5.75 Å². The minimum Gasteiger partial charge on any atom is -0.497 e. The van der Waals surface area contributed by atoms with Gasteiger partial charge in [0.05, 0.1) is 7.11 Å². The number of benzene rings is 1. The van der Waals surface area contributed by atoms with Crippen molar-refractivity contribution < 1.29 is 4.74 Å². The van der Waals surface area contributed by atoms with Gasteiger partial charge in [0, 0.05) is 22.9 Å². The van der Waals surface area contributed by atoms with E-state index in [0.717, 1.165) is 12.3 Å². The van der Waals surface area contributed by atoms with Crippen molar-refractivity contribution in [1.82, 2.24) is 0 Å². The monoisotopic (exact) mass is 249 g/mol. The van der Waals surface area contributed by atoms with Crippen molar-refractivity contribution in [2.24, 2.45) is 5.41 Å². The highest BCUT2D eigenvalue weighted by Gasteiger charge is 2.35. The van der Waals surface area contributed by atoms with E-state index in [-0.39, 0.29) is 0 Å². The summed E-state index contributed by atoms with van der Waals surface area (Å²) in [5.41, 5.74) is 1.82. The summed E-state index contributed by atoms with van der Waals surface area (Å²) in [6, 6.07) is 6.34. The molecule has 1 aromatic carbocycles. The Hall–Kier alpha value is -0.830. The van der Waals surface area contributed by atoms with Crippen LogP contribution in [0.15, 0.2) is 23.1 Å².